The summed E-state index contributed by atoms with van der Waals surface area (Å²) < 4.78 is 0. The SMILES string of the molecule is CN1CCC[C@H](N(C)CC(=O)N[C@@H](c2ccccc2)c2nccs2)C1. The molecule has 1 amide bonds. The maximum atomic E-state index is 12.7. The molecule has 2 aromatic rings. The van der Waals surface area contributed by atoms with Crippen LogP contribution in [0.2, 0.25) is 0 Å². The number of nitrogens with zero attached hydrogens (tertiary/aromatic N) is 3. The third kappa shape index (κ3) is 4.87. The molecular weight excluding hydrogens is 332 g/mol. The number of rotatable bonds is 6. The summed E-state index contributed by atoms with van der Waals surface area (Å²) in [5, 5.41) is 6.03. The summed E-state index contributed by atoms with van der Waals surface area (Å²) in [6.45, 7) is 2.59. The van der Waals surface area contributed by atoms with E-state index in [2.05, 4.69) is 27.1 Å². The fourth-order valence-corrected chi connectivity index (χ4v) is 4.09. The molecule has 0 bridgehead atoms. The zero-order valence-corrected chi connectivity index (χ0v) is 15.7. The lowest BCUT2D eigenvalue weighted by Crippen LogP contribution is -2.48. The number of aromatic nitrogens is 1. The van der Waals surface area contributed by atoms with Gasteiger partial charge in [0.25, 0.3) is 0 Å². The second-order valence-corrected chi connectivity index (χ2v) is 7.68. The Kier molecular flexibility index (Phi) is 6.18. The number of carbonyl (C=O) groups is 1. The van der Waals surface area contributed by atoms with Gasteiger partial charge in [-0.3, -0.25) is 9.69 Å². The Hall–Kier alpha value is -1.76. The van der Waals surface area contributed by atoms with Crippen molar-refractivity contribution in [1.29, 1.82) is 0 Å². The Morgan fingerprint density at radius 3 is 2.92 bits per heavy atom. The van der Waals surface area contributed by atoms with Gasteiger partial charge in [-0.05, 0) is 39.0 Å². The Balaban J connectivity index is 1.64. The first-order valence-corrected chi connectivity index (χ1v) is 9.64. The van der Waals surface area contributed by atoms with E-state index in [0.717, 1.165) is 30.1 Å². The van der Waals surface area contributed by atoms with Crippen molar-refractivity contribution in [3.8, 4) is 0 Å². The van der Waals surface area contributed by atoms with Gasteiger partial charge >= 0.3 is 0 Å². The van der Waals surface area contributed by atoms with Gasteiger partial charge in [0.1, 0.15) is 11.0 Å². The van der Waals surface area contributed by atoms with E-state index in [0.29, 0.717) is 12.6 Å². The van der Waals surface area contributed by atoms with Crippen molar-refractivity contribution in [3.63, 3.8) is 0 Å². The van der Waals surface area contributed by atoms with Crippen molar-refractivity contribution in [3.05, 3.63) is 52.5 Å². The molecule has 1 saturated heterocycles. The van der Waals surface area contributed by atoms with Crippen molar-refractivity contribution in [2.24, 2.45) is 0 Å². The summed E-state index contributed by atoms with van der Waals surface area (Å²) in [6.07, 6.45) is 4.13. The van der Waals surface area contributed by atoms with Gasteiger partial charge in [0.2, 0.25) is 5.91 Å². The average molecular weight is 359 g/mol. The number of nitrogens with one attached hydrogen (secondary N) is 1. The van der Waals surface area contributed by atoms with Crippen LogP contribution in [0.25, 0.3) is 0 Å². The quantitative estimate of drug-likeness (QED) is 0.861. The van der Waals surface area contributed by atoms with Gasteiger partial charge in [-0.15, -0.1) is 11.3 Å². The number of carbonyl (C=O) groups excluding carboxylic acids is 1. The Bertz CT molecular complexity index is 661. The molecule has 2 heterocycles. The normalized spacial score (nSPS) is 19.7. The molecule has 0 unspecified atom stereocenters. The Morgan fingerprint density at radius 1 is 1.44 bits per heavy atom. The van der Waals surface area contributed by atoms with Crippen molar-refractivity contribution in [1.82, 2.24) is 20.1 Å². The van der Waals surface area contributed by atoms with Gasteiger partial charge in [-0.25, -0.2) is 4.98 Å². The monoisotopic (exact) mass is 358 g/mol. The molecule has 134 valence electrons. The van der Waals surface area contributed by atoms with Crippen LogP contribution in [0.4, 0.5) is 0 Å². The van der Waals surface area contributed by atoms with Crippen LogP contribution < -0.4 is 5.32 Å². The van der Waals surface area contributed by atoms with Crippen molar-refractivity contribution < 1.29 is 4.79 Å². The number of hydrogen-bond acceptors (Lipinski definition) is 5. The van der Waals surface area contributed by atoms with E-state index in [-0.39, 0.29) is 11.9 Å². The lowest BCUT2D eigenvalue weighted by atomic mass is 10.0. The first-order valence-electron chi connectivity index (χ1n) is 8.76. The number of thiazole rings is 1. The summed E-state index contributed by atoms with van der Waals surface area (Å²) in [5.74, 6) is 0.0415. The largest absolute Gasteiger partial charge is 0.342 e. The van der Waals surface area contributed by atoms with E-state index in [1.54, 1.807) is 17.5 Å². The number of piperidine rings is 1. The van der Waals surface area contributed by atoms with Crippen LogP contribution in [-0.4, -0.2) is 60.5 Å². The van der Waals surface area contributed by atoms with Crippen molar-refractivity contribution in [2.75, 3.05) is 33.7 Å². The second kappa shape index (κ2) is 8.56. The minimum absolute atomic E-state index is 0.0415. The van der Waals surface area contributed by atoms with Crippen LogP contribution in [-0.2, 0) is 4.79 Å². The molecule has 3 rings (SSSR count). The zero-order chi connectivity index (χ0) is 17.6. The molecule has 25 heavy (non-hydrogen) atoms. The molecule has 6 heteroatoms. The van der Waals surface area contributed by atoms with Crippen molar-refractivity contribution in [2.45, 2.75) is 24.9 Å². The predicted octanol–water partition coefficient (Wildman–Crippen LogP) is 2.37. The number of hydrogen-bond donors (Lipinski definition) is 1. The number of amides is 1. The predicted molar refractivity (Wildman–Crippen MR) is 102 cm³/mol. The molecule has 1 aliphatic rings. The molecule has 0 saturated carbocycles. The summed E-state index contributed by atoms with van der Waals surface area (Å²) in [6, 6.07) is 10.3. The van der Waals surface area contributed by atoms with Crippen LogP contribution in [0.3, 0.4) is 0 Å². The molecule has 1 aliphatic heterocycles. The molecular formula is C19H26N4OS. The Morgan fingerprint density at radius 2 is 2.24 bits per heavy atom. The lowest BCUT2D eigenvalue weighted by molar-refractivity contribution is -0.123. The zero-order valence-electron chi connectivity index (χ0n) is 14.9. The highest BCUT2D eigenvalue weighted by molar-refractivity contribution is 7.09. The third-order valence-electron chi connectivity index (χ3n) is 4.75. The first-order chi connectivity index (χ1) is 12.1. The summed E-state index contributed by atoms with van der Waals surface area (Å²) in [5.41, 5.74) is 1.06. The van der Waals surface area contributed by atoms with E-state index >= 15 is 0 Å². The van der Waals surface area contributed by atoms with Gasteiger partial charge in [-0.2, -0.15) is 0 Å². The van der Waals surface area contributed by atoms with Gasteiger partial charge in [-0.1, -0.05) is 30.3 Å². The molecule has 1 aromatic carbocycles. The average Bonchev–Trinajstić information content (AvgIpc) is 3.15. The first kappa shape index (κ1) is 18.0. The Labute approximate surface area is 153 Å². The highest BCUT2D eigenvalue weighted by Gasteiger charge is 2.24. The molecule has 1 fully saturated rings. The number of benzene rings is 1. The molecule has 1 N–H and O–H groups in total. The van der Waals surface area contributed by atoms with Crippen molar-refractivity contribution >= 4 is 17.2 Å². The minimum Gasteiger partial charge on any atom is -0.342 e. The highest BCUT2D eigenvalue weighted by atomic mass is 32.1. The highest BCUT2D eigenvalue weighted by Crippen LogP contribution is 2.23. The second-order valence-electron chi connectivity index (χ2n) is 6.75. The van der Waals surface area contributed by atoms with Gasteiger partial charge in [0.15, 0.2) is 0 Å². The van der Waals surface area contributed by atoms with E-state index < -0.39 is 0 Å². The minimum atomic E-state index is -0.184. The lowest BCUT2D eigenvalue weighted by Gasteiger charge is -2.35. The number of likely N-dealkylation sites (N-methyl/N-ethyl adjacent to an activating group) is 2. The molecule has 0 aliphatic carbocycles. The van der Waals surface area contributed by atoms with E-state index in [1.807, 2.05) is 42.8 Å². The van der Waals surface area contributed by atoms with E-state index in [1.165, 1.54) is 6.42 Å². The van der Waals surface area contributed by atoms with Crippen LogP contribution in [0.1, 0.15) is 29.5 Å². The summed E-state index contributed by atoms with van der Waals surface area (Å²) >= 11 is 1.57. The molecule has 2 atom stereocenters. The summed E-state index contributed by atoms with van der Waals surface area (Å²) in [4.78, 5) is 21.6. The molecule has 5 nitrogen and oxygen atoms in total. The van der Waals surface area contributed by atoms with Gasteiger partial charge < -0.3 is 10.2 Å². The van der Waals surface area contributed by atoms with E-state index in [9.17, 15) is 4.79 Å². The fraction of sp³-hybridized carbons (Fsp3) is 0.474. The topological polar surface area (TPSA) is 48.5 Å². The fourth-order valence-electron chi connectivity index (χ4n) is 3.37. The molecule has 0 radical (unpaired) electrons. The van der Waals surface area contributed by atoms with Crippen LogP contribution in [0, 0.1) is 0 Å². The smallest absolute Gasteiger partial charge is 0.235 e. The summed E-state index contributed by atoms with van der Waals surface area (Å²) in [7, 11) is 4.19. The third-order valence-corrected chi connectivity index (χ3v) is 5.59. The maximum Gasteiger partial charge on any atom is 0.235 e. The van der Waals surface area contributed by atoms with Crippen LogP contribution in [0.15, 0.2) is 41.9 Å². The standard InChI is InChI=1S/C19H26N4OS/c1-22-11-6-9-16(13-22)23(2)14-17(24)21-18(19-20-10-12-25-19)15-7-4-3-5-8-15/h3-5,7-8,10,12,16,18H,6,9,11,13-14H2,1-2H3,(H,21,24)/t16-,18-/m0/s1. The van der Waals surface area contributed by atoms with Gasteiger partial charge in [0.05, 0.1) is 6.54 Å². The van der Waals surface area contributed by atoms with Crippen LogP contribution >= 0.6 is 11.3 Å². The maximum absolute atomic E-state index is 12.7. The molecule has 1 aromatic heterocycles. The van der Waals surface area contributed by atoms with Gasteiger partial charge in [0, 0.05) is 24.2 Å². The van der Waals surface area contributed by atoms with Crippen LogP contribution in [0.5, 0.6) is 0 Å². The number of likely N-dealkylation sites (tertiary alicyclic amines) is 1. The molecule has 0 spiro atoms. The van der Waals surface area contributed by atoms with E-state index in [4.69, 9.17) is 0 Å².